The molecular weight excluding hydrogens is 362 g/mol. The Kier molecular flexibility index (Phi) is 4.81. The molecule has 0 saturated carbocycles. The molecule has 1 fully saturated rings. The standard InChI is InChI=1S/C13H15Br2NO2/c14-9-4-5-12(15)11(7-9)13(18)16-6-2-1-3-10(16)8-17/h4-5,7,10,17H,1-3,6,8H2. The zero-order chi connectivity index (χ0) is 13.1. The number of carbonyl (C=O) groups is 1. The predicted molar refractivity (Wildman–Crippen MR) is 77.6 cm³/mol. The van der Waals surface area contributed by atoms with Gasteiger partial charge in [-0.3, -0.25) is 4.79 Å². The van der Waals surface area contributed by atoms with Crippen molar-refractivity contribution >= 4 is 37.8 Å². The van der Waals surface area contributed by atoms with Gasteiger partial charge in [-0.1, -0.05) is 15.9 Å². The number of nitrogens with zero attached hydrogens (tertiary/aromatic N) is 1. The Morgan fingerprint density at radius 3 is 2.89 bits per heavy atom. The number of amides is 1. The summed E-state index contributed by atoms with van der Waals surface area (Å²) in [6.07, 6.45) is 2.97. The van der Waals surface area contributed by atoms with Crippen molar-refractivity contribution < 1.29 is 9.90 Å². The fraction of sp³-hybridized carbons (Fsp3) is 0.462. The molecule has 1 aromatic rings. The molecule has 0 radical (unpaired) electrons. The van der Waals surface area contributed by atoms with Crippen LogP contribution in [0.15, 0.2) is 27.1 Å². The zero-order valence-electron chi connectivity index (χ0n) is 9.90. The number of aliphatic hydroxyl groups excluding tert-OH is 1. The average molecular weight is 377 g/mol. The van der Waals surface area contributed by atoms with Crippen LogP contribution in [0.2, 0.25) is 0 Å². The summed E-state index contributed by atoms with van der Waals surface area (Å²) in [5.41, 5.74) is 0.643. The Morgan fingerprint density at radius 1 is 1.39 bits per heavy atom. The number of hydrogen-bond donors (Lipinski definition) is 1. The first-order chi connectivity index (χ1) is 8.63. The molecule has 1 unspecified atom stereocenters. The lowest BCUT2D eigenvalue weighted by atomic mass is 10.0. The Hall–Kier alpha value is -0.390. The van der Waals surface area contributed by atoms with Gasteiger partial charge in [0.2, 0.25) is 0 Å². The Morgan fingerprint density at radius 2 is 2.17 bits per heavy atom. The molecule has 1 aliphatic heterocycles. The third-order valence-electron chi connectivity index (χ3n) is 3.26. The fourth-order valence-corrected chi connectivity index (χ4v) is 3.05. The maximum Gasteiger partial charge on any atom is 0.255 e. The number of likely N-dealkylation sites (tertiary alicyclic amines) is 1. The van der Waals surface area contributed by atoms with Gasteiger partial charge in [0.1, 0.15) is 0 Å². The van der Waals surface area contributed by atoms with Crippen LogP contribution >= 0.6 is 31.9 Å². The first kappa shape index (κ1) is 14.0. The summed E-state index contributed by atoms with van der Waals surface area (Å²) in [4.78, 5) is 14.3. The molecule has 1 N–H and O–H groups in total. The van der Waals surface area contributed by atoms with Crippen LogP contribution in [0.25, 0.3) is 0 Å². The van der Waals surface area contributed by atoms with Gasteiger partial charge in [-0.15, -0.1) is 0 Å². The van der Waals surface area contributed by atoms with E-state index in [0.717, 1.165) is 34.8 Å². The van der Waals surface area contributed by atoms with Crippen LogP contribution in [-0.2, 0) is 0 Å². The minimum absolute atomic E-state index is 0.0121. The van der Waals surface area contributed by atoms with E-state index in [2.05, 4.69) is 31.9 Å². The third kappa shape index (κ3) is 2.95. The smallest absolute Gasteiger partial charge is 0.255 e. The topological polar surface area (TPSA) is 40.5 Å². The van der Waals surface area contributed by atoms with Gasteiger partial charge in [-0.2, -0.15) is 0 Å². The second kappa shape index (κ2) is 6.17. The van der Waals surface area contributed by atoms with E-state index < -0.39 is 0 Å². The molecule has 2 rings (SSSR count). The van der Waals surface area contributed by atoms with Crippen LogP contribution in [0.5, 0.6) is 0 Å². The van der Waals surface area contributed by atoms with Gasteiger partial charge in [-0.05, 0) is 53.4 Å². The second-order valence-electron chi connectivity index (χ2n) is 4.45. The SMILES string of the molecule is O=C(c1cc(Br)ccc1Br)N1CCCCC1CO. The summed E-state index contributed by atoms with van der Waals surface area (Å²) >= 11 is 6.79. The van der Waals surface area contributed by atoms with E-state index in [-0.39, 0.29) is 18.6 Å². The molecule has 1 aliphatic rings. The monoisotopic (exact) mass is 375 g/mol. The minimum atomic E-state index is -0.0443. The van der Waals surface area contributed by atoms with Gasteiger partial charge in [0.25, 0.3) is 5.91 Å². The summed E-state index contributed by atoms with van der Waals surface area (Å²) in [5, 5.41) is 9.37. The van der Waals surface area contributed by atoms with Crippen molar-refractivity contribution in [1.82, 2.24) is 4.90 Å². The number of piperidine rings is 1. The van der Waals surface area contributed by atoms with E-state index in [4.69, 9.17) is 0 Å². The summed E-state index contributed by atoms with van der Waals surface area (Å²) in [5.74, 6) is -0.0121. The highest BCUT2D eigenvalue weighted by Crippen LogP contribution is 2.26. The molecule has 1 saturated heterocycles. The van der Waals surface area contributed by atoms with E-state index in [1.54, 1.807) is 4.90 Å². The van der Waals surface area contributed by atoms with Crippen LogP contribution < -0.4 is 0 Å². The van der Waals surface area contributed by atoms with Gasteiger partial charge in [0.15, 0.2) is 0 Å². The summed E-state index contributed by atoms with van der Waals surface area (Å²) in [6.45, 7) is 0.764. The summed E-state index contributed by atoms with van der Waals surface area (Å²) in [7, 11) is 0. The molecule has 0 bridgehead atoms. The second-order valence-corrected chi connectivity index (χ2v) is 6.22. The first-order valence-corrected chi connectivity index (χ1v) is 7.59. The maximum absolute atomic E-state index is 12.5. The lowest BCUT2D eigenvalue weighted by Crippen LogP contribution is -2.45. The van der Waals surface area contributed by atoms with Crippen molar-refractivity contribution in [2.75, 3.05) is 13.2 Å². The Labute approximate surface area is 123 Å². The van der Waals surface area contributed by atoms with Crippen LogP contribution in [0.4, 0.5) is 0 Å². The minimum Gasteiger partial charge on any atom is -0.394 e. The quantitative estimate of drug-likeness (QED) is 0.860. The third-order valence-corrected chi connectivity index (χ3v) is 4.44. The van der Waals surface area contributed by atoms with E-state index in [1.807, 2.05) is 18.2 Å². The average Bonchev–Trinajstić information content (AvgIpc) is 2.40. The first-order valence-electron chi connectivity index (χ1n) is 6.00. The molecule has 1 aromatic carbocycles. The van der Waals surface area contributed by atoms with Gasteiger partial charge < -0.3 is 10.0 Å². The van der Waals surface area contributed by atoms with E-state index in [9.17, 15) is 9.90 Å². The largest absolute Gasteiger partial charge is 0.394 e. The van der Waals surface area contributed by atoms with Crippen LogP contribution in [0.1, 0.15) is 29.6 Å². The van der Waals surface area contributed by atoms with Crippen molar-refractivity contribution in [1.29, 1.82) is 0 Å². The van der Waals surface area contributed by atoms with Gasteiger partial charge in [0.05, 0.1) is 18.2 Å². The number of carbonyl (C=O) groups excluding carboxylic acids is 1. The lowest BCUT2D eigenvalue weighted by molar-refractivity contribution is 0.0502. The molecular formula is C13H15Br2NO2. The highest BCUT2D eigenvalue weighted by Gasteiger charge is 2.27. The Balaban J connectivity index is 2.26. The van der Waals surface area contributed by atoms with Crippen molar-refractivity contribution in [3.8, 4) is 0 Å². The number of rotatable bonds is 2. The van der Waals surface area contributed by atoms with Crippen molar-refractivity contribution in [2.24, 2.45) is 0 Å². The normalized spacial score (nSPS) is 19.9. The number of aliphatic hydroxyl groups is 1. The van der Waals surface area contributed by atoms with Crippen molar-refractivity contribution in [3.63, 3.8) is 0 Å². The fourth-order valence-electron chi connectivity index (χ4n) is 2.27. The number of hydrogen-bond acceptors (Lipinski definition) is 2. The number of benzene rings is 1. The maximum atomic E-state index is 12.5. The lowest BCUT2D eigenvalue weighted by Gasteiger charge is -2.34. The molecule has 3 nitrogen and oxygen atoms in total. The highest BCUT2D eigenvalue weighted by atomic mass is 79.9. The van der Waals surface area contributed by atoms with Gasteiger partial charge in [-0.25, -0.2) is 0 Å². The van der Waals surface area contributed by atoms with Crippen LogP contribution in [-0.4, -0.2) is 35.1 Å². The molecule has 18 heavy (non-hydrogen) atoms. The molecule has 0 aliphatic carbocycles. The molecule has 5 heteroatoms. The van der Waals surface area contributed by atoms with E-state index in [0.29, 0.717) is 5.56 Å². The summed E-state index contributed by atoms with van der Waals surface area (Å²) < 4.78 is 1.67. The van der Waals surface area contributed by atoms with Crippen molar-refractivity contribution in [3.05, 3.63) is 32.7 Å². The molecule has 1 amide bonds. The van der Waals surface area contributed by atoms with E-state index in [1.165, 1.54) is 0 Å². The Bertz CT molecular complexity index is 451. The van der Waals surface area contributed by atoms with Crippen molar-refractivity contribution in [2.45, 2.75) is 25.3 Å². The molecule has 0 spiro atoms. The molecule has 0 aromatic heterocycles. The van der Waals surface area contributed by atoms with E-state index >= 15 is 0 Å². The highest BCUT2D eigenvalue weighted by molar-refractivity contribution is 9.11. The predicted octanol–water partition coefficient (Wildman–Crippen LogP) is 3.20. The number of halogens is 2. The van der Waals surface area contributed by atoms with Gasteiger partial charge >= 0.3 is 0 Å². The molecule has 1 atom stereocenters. The van der Waals surface area contributed by atoms with Gasteiger partial charge in [0, 0.05) is 15.5 Å². The molecule has 98 valence electrons. The van der Waals surface area contributed by atoms with Crippen LogP contribution in [0.3, 0.4) is 0 Å². The van der Waals surface area contributed by atoms with Crippen LogP contribution in [0, 0.1) is 0 Å². The molecule has 1 heterocycles. The zero-order valence-corrected chi connectivity index (χ0v) is 13.1. The summed E-state index contributed by atoms with van der Waals surface area (Å²) in [6, 6.07) is 5.52.